The molecule has 474 valence electrons. The quantitative estimate of drug-likeness (QED) is 0.113. The van der Waals surface area contributed by atoms with Gasteiger partial charge in [0.25, 0.3) is 0 Å². The average Bonchev–Trinajstić information content (AvgIpc) is 1.49. The number of allylic oxidation sites excluding steroid dienone is 6. The van der Waals surface area contributed by atoms with Gasteiger partial charge in [0.05, 0.1) is 11.1 Å². The van der Waals surface area contributed by atoms with Gasteiger partial charge in [-0.05, 0) is 196 Å². The van der Waals surface area contributed by atoms with E-state index in [9.17, 15) is 0 Å². The van der Waals surface area contributed by atoms with Crippen molar-refractivity contribution in [2.75, 3.05) is 9.80 Å². The van der Waals surface area contributed by atoms with Crippen LogP contribution in [0.4, 0.5) is 34.1 Å². The van der Waals surface area contributed by atoms with Gasteiger partial charge in [-0.25, -0.2) is 0 Å². The number of rotatable bonds is 12. The van der Waals surface area contributed by atoms with Gasteiger partial charge in [-0.1, -0.05) is 296 Å². The van der Waals surface area contributed by atoms with Crippen molar-refractivity contribution in [1.29, 1.82) is 0 Å². The van der Waals surface area contributed by atoms with Crippen LogP contribution in [0.5, 0.6) is 5.75 Å². The van der Waals surface area contributed by atoms with Crippen LogP contribution < -0.4 is 14.5 Å². The number of nitrogens with zero attached hydrogens (tertiary/aromatic N) is 2. The molecule has 13 aromatic carbocycles. The van der Waals surface area contributed by atoms with Crippen molar-refractivity contribution in [3.63, 3.8) is 0 Å². The van der Waals surface area contributed by atoms with Crippen LogP contribution in [0.3, 0.4) is 0 Å². The van der Waals surface area contributed by atoms with Gasteiger partial charge >= 0.3 is 0 Å². The van der Waals surface area contributed by atoms with Gasteiger partial charge in [0.1, 0.15) is 11.9 Å². The Hall–Kier alpha value is -11.3. The normalized spacial score (nSPS) is 16.3. The van der Waals surface area contributed by atoms with Crippen LogP contribution in [0.25, 0.3) is 66.1 Å². The molecule has 3 nitrogen and oxygen atoms in total. The maximum Gasteiger partial charge on any atom is 0.134 e. The Balaban J connectivity index is 0.980. The summed E-state index contributed by atoms with van der Waals surface area (Å²) in [5, 5.41) is 4.74. The van der Waals surface area contributed by atoms with E-state index in [1.165, 1.54) is 82.7 Å². The minimum Gasteiger partial charge on any atom is -0.484 e. The van der Waals surface area contributed by atoms with Gasteiger partial charge < -0.3 is 14.5 Å². The second-order valence-corrected chi connectivity index (χ2v) is 29.0. The minimum absolute atomic E-state index is 0.0267. The van der Waals surface area contributed by atoms with Crippen LogP contribution in [0.1, 0.15) is 104 Å². The van der Waals surface area contributed by atoms with Crippen LogP contribution in [0.15, 0.2) is 334 Å². The molecule has 4 aliphatic rings. The number of ether oxygens (including phenoxy) is 1. The minimum atomic E-state index is -0.879. The van der Waals surface area contributed by atoms with Crippen molar-refractivity contribution in [3.05, 3.63) is 378 Å². The predicted octanol–water partition coefficient (Wildman–Crippen LogP) is 25.5. The predicted molar refractivity (Wildman–Crippen MR) is 413 cm³/mol. The highest BCUT2D eigenvalue weighted by Crippen LogP contribution is 2.67. The first-order valence-electron chi connectivity index (χ1n) is 34.8. The third-order valence-corrected chi connectivity index (χ3v) is 21.0. The first kappa shape index (κ1) is 60.4. The molecular formula is C95H78N2O. The summed E-state index contributed by atoms with van der Waals surface area (Å²) in [4.78, 5) is 5.08. The molecule has 0 aromatic heterocycles. The lowest BCUT2D eigenvalue weighted by molar-refractivity contribution is 0.270. The highest BCUT2D eigenvalue weighted by Gasteiger charge is 2.53. The van der Waals surface area contributed by atoms with Crippen molar-refractivity contribution in [3.8, 4) is 50.3 Å². The smallest absolute Gasteiger partial charge is 0.134 e. The van der Waals surface area contributed by atoms with Crippen LogP contribution in [0.2, 0.25) is 0 Å². The Morgan fingerprint density at radius 3 is 1.41 bits per heavy atom. The zero-order chi connectivity index (χ0) is 66.3. The Morgan fingerprint density at radius 2 is 0.857 bits per heavy atom. The third-order valence-electron chi connectivity index (χ3n) is 21.0. The van der Waals surface area contributed by atoms with E-state index in [0.717, 1.165) is 74.1 Å². The second-order valence-electron chi connectivity index (χ2n) is 29.0. The number of fused-ring (bicyclic) bond motifs is 12. The molecule has 0 saturated heterocycles. The van der Waals surface area contributed by atoms with Crippen molar-refractivity contribution in [2.45, 2.75) is 82.1 Å². The largest absolute Gasteiger partial charge is 0.484 e. The van der Waals surface area contributed by atoms with E-state index in [4.69, 9.17) is 4.74 Å². The zero-order valence-electron chi connectivity index (χ0n) is 56.5. The highest BCUT2D eigenvalue weighted by atomic mass is 16.5. The lowest BCUT2D eigenvalue weighted by atomic mass is 9.66. The van der Waals surface area contributed by atoms with Gasteiger partial charge in [0.2, 0.25) is 0 Å². The molecule has 3 unspecified atom stereocenters. The van der Waals surface area contributed by atoms with Crippen LogP contribution in [-0.4, -0.2) is 6.10 Å². The molecule has 0 saturated carbocycles. The SMILES string of the molecule is CC(C)(C)c1ccc(N(c2cc(-c3ccccc3)cc(C3C=CC=CC3)c2)c2ccc3c4c(c5ccccc5c3c2)-c2c(cc(N(c3ccc(C(C)(C)C)cc3)c3cc(-c5ccccc5)cc(-c5ccccc5)c3)c3c2OC2C=CC=CC32)C4(c2ccccc2)c2ccccc2)cc1. The Kier molecular flexibility index (Phi) is 14.9. The van der Waals surface area contributed by atoms with Crippen molar-refractivity contribution >= 4 is 55.7 Å². The average molecular weight is 1260 g/mol. The maximum absolute atomic E-state index is 7.84. The number of hydrogen-bond donors (Lipinski definition) is 0. The molecule has 1 heterocycles. The monoisotopic (exact) mass is 1260 g/mol. The molecule has 13 aromatic rings. The number of hydrogen-bond acceptors (Lipinski definition) is 3. The maximum atomic E-state index is 7.84. The molecule has 3 aliphatic carbocycles. The lowest BCUT2D eigenvalue weighted by Crippen LogP contribution is -2.29. The van der Waals surface area contributed by atoms with E-state index in [0.29, 0.717) is 0 Å². The summed E-state index contributed by atoms with van der Waals surface area (Å²) < 4.78 is 7.84. The van der Waals surface area contributed by atoms with E-state index in [1.54, 1.807) is 0 Å². The van der Waals surface area contributed by atoms with E-state index >= 15 is 0 Å². The molecule has 0 fully saturated rings. The Labute approximate surface area is 577 Å². The first-order chi connectivity index (χ1) is 47.9. The van der Waals surface area contributed by atoms with Crippen LogP contribution >= 0.6 is 0 Å². The lowest BCUT2D eigenvalue weighted by Gasteiger charge is -2.36. The zero-order valence-corrected chi connectivity index (χ0v) is 56.5. The molecular weight excluding hydrogens is 1190 g/mol. The molecule has 3 heteroatoms. The topological polar surface area (TPSA) is 15.7 Å². The molecule has 0 amide bonds. The molecule has 17 rings (SSSR count). The van der Waals surface area contributed by atoms with Crippen molar-refractivity contribution in [1.82, 2.24) is 0 Å². The Bertz CT molecular complexity index is 5230. The van der Waals surface area contributed by atoms with Crippen molar-refractivity contribution < 1.29 is 4.74 Å². The van der Waals surface area contributed by atoms with Gasteiger partial charge in [-0.3, -0.25) is 0 Å². The third kappa shape index (κ3) is 10.3. The van der Waals surface area contributed by atoms with Crippen molar-refractivity contribution in [2.24, 2.45) is 0 Å². The molecule has 0 spiro atoms. The highest BCUT2D eigenvalue weighted by molar-refractivity contribution is 6.21. The van der Waals surface area contributed by atoms with Gasteiger partial charge in [0, 0.05) is 51.4 Å². The summed E-state index contributed by atoms with van der Waals surface area (Å²) >= 11 is 0. The van der Waals surface area contributed by atoms with Gasteiger partial charge in [0.15, 0.2) is 0 Å². The van der Waals surface area contributed by atoms with E-state index < -0.39 is 5.41 Å². The standard InChI is InChI=1S/C95H78N2O/c1-93(2,3)71-45-49-75(50-46-71)96(78-57-67(63-29-13-7-14-30-63)55-68(58-78)64-31-15-8-16-32-64)77-53-54-82-84(61-77)80-41-25-26-42-81(80)89-90-85(95(91(82)89,73-37-21-11-22-38-73)74-39-23-12-24-40-74)62-86(88-83-43-27-28-44-87(83)98-92(88)90)97(76-51-47-72(48-52-76)94(4,5)6)79-59-69(65-33-17-9-18-34-65)56-70(60-79)66-35-19-10-20-36-66/h7-31,33-62,64,83,87H,32H2,1-6H3. The van der Waals surface area contributed by atoms with E-state index in [2.05, 4.69) is 385 Å². The summed E-state index contributed by atoms with van der Waals surface area (Å²) in [5.74, 6) is 1.07. The molecule has 0 N–H and O–H groups in total. The summed E-state index contributed by atoms with van der Waals surface area (Å²) in [7, 11) is 0. The molecule has 0 bridgehead atoms. The molecule has 98 heavy (non-hydrogen) atoms. The fourth-order valence-corrected chi connectivity index (χ4v) is 16.2. The fraction of sp³-hybridized carbons (Fsp3) is 0.137. The molecule has 3 atom stereocenters. The summed E-state index contributed by atoms with van der Waals surface area (Å²) in [6.45, 7) is 13.8. The Morgan fingerprint density at radius 1 is 0.367 bits per heavy atom. The number of benzene rings is 13. The van der Waals surface area contributed by atoms with Crippen LogP contribution in [0, 0.1) is 0 Å². The van der Waals surface area contributed by atoms with E-state index in [-0.39, 0.29) is 28.8 Å². The molecule has 0 radical (unpaired) electrons. The molecule has 1 aliphatic heterocycles. The van der Waals surface area contributed by atoms with Gasteiger partial charge in [-0.15, -0.1) is 0 Å². The van der Waals surface area contributed by atoms with Crippen LogP contribution in [-0.2, 0) is 16.2 Å². The van der Waals surface area contributed by atoms with Gasteiger partial charge in [-0.2, -0.15) is 0 Å². The fourth-order valence-electron chi connectivity index (χ4n) is 16.2. The van der Waals surface area contributed by atoms with E-state index in [1.807, 2.05) is 0 Å². The number of anilines is 6. The summed E-state index contributed by atoms with van der Waals surface area (Å²) in [6, 6.07) is 108. The summed E-state index contributed by atoms with van der Waals surface area (Å²) in [5.41, 5.74) is 24.7. The first-order valence-corrected chi connectivity index (χ1v) is 34.8. The summed E-state index contributed by atoms with van der Waals surface area (Å²) in [6.07, 6.45) is 18.8. The second kappa shape index (κ2) is 24.1.